The van der Waals surface area contributed by atoms with Crippen molar-refractivity contribution in [3.63, 3.8) is 0 Å². The zero-order chi connectivity index (χ0) is 13.4. The van der Waals surface area contributed by atoms with Gasteiger partial charge in [-0.2, -0.15) is 0 Å². The van der Waals surface area contributed by atoms with E-state index in [4.69, 9.17) is 0 Å². The van der Waals surface area contributed by atoms with Crippen LogP contribution >= 0.6 is 11.3 Å². The van der Waals surface area contributed by atoms with Crippen molar-refractivity contribution in [2.45, 2.75) is 26.8 Å². The monoisotopic (exact) mass is 272 g/mol. The first kappa shape index (κ1) is 12.4. The lowest BCUT2D eigenvalue weighted by atomic mass is 9.99. The number of benzene rings is 1. The molecule has 0 fully saturated rings. The van der Waals surface area contributed by atoms with Gasteiger partial charge in [0.2, 0.25) is 0 Å². The van der Waals surface area contributed by atoms with E-state index in [1.807, 2.05) is 36.1 Å². The molecule has 98 valence electrons. The Kier molecular flexibility index (Phi) is 3.11. The summed E-state index contributed by atoms with van der Waals surface area (Å²) in [6, 6.07) is 7.89. The molecular weight excluding hydrogens is 256 g/mol. The molecule has 1 aromatic carbocycles. The third-order valence-electron chi connectivity index (χ3n) is 3.58. The largest absolute Gasteiger partial charge is 0.332 e. The van der Waals surface area contributed by atoms with Gasteiger partial charge in [0.1, 0.15) is 5.01 Å². The quantitative estimate of drug-likeness (QED) is 0.842. The lowest BCUT2D eigenvalue weighted by Crippen LogP contribution is -2.36. The number of amides is 1. The summed E-state index contributed by atoms with van der Waals surface area (Å²) in [6.07, 6.45) is 0.936. The molecule has 4 heteroatoms. The van der Waals surface area contributed by atoms with Crippen molar-refractivity contribution in [2.24, 2.45) is 0 Å². The SMILES string of the molecule is Cc1nc(CN2CCc3ccccc3C2=O)sc1C. The zero-order valence-corrected chi connectivity index (χ0v) is 12.0. The molecule has 0 spiro atoms. The Hall–Kier alpha value is -1.68. The molecule has 0 bridgehead atoms. The van der Waals surface area contributed by atoms with E-state index in [0.717, 1.165) is 34.8 Å². The average molecular weight is 272 g/mol. The molecule has 3 rings (SSSR count). The van der Waals surface area contributed by atoms with Gasteiger partial charge in [0.15, 0.2) is 0 Å². The fraction of sp³-hybridized carbons (Fsp3) is 0.333. The summed E-state index contributed by atoms with van der Waals surface area (Å²) < 4.78 is 0. The maximum atomic E-state index is 12.4. The van der Waals surface area contributed by atoms with E-state index in [9.17, 15) is 4.79 Å². The van der Waals surface area contributed by atoms with Crippen LogP contribution in [-0.2, 0) is 13.0 Å². The molecule has 0 radical (unpaired) electrons. The summed E-state index contributed by atoms with van der Waals surface area (Å²) in [5.74, 6) is 0.132. The van der Waals surface area contributed by atoms with Gasteiger partial charge in [-0.3, -0.25) is 4.79 Å². The average Bonchev–Trinajstić information content (AvgIpc) is 2.72. The van der Waals surface area contributed by atoms with E-state index < -0.39 is 0 Å². The second-order valence-corrected chi connectivity index (χ2v) is 6.17. The second kappa shape index (κ2) is 4.78. The number of aromatic nitrogens is 1. The number of hydrogen-bond donors (Lipinski definition) is 0. The van der Waals surface area contributed by atoms with Gasteiger partial charge in [0.25, 0.3) is 5.91 Å². The predicted molar refractivity (Wildman–Crippen MR) is 76.5 cm³/mol. The van der Waals surface area contributed by atoms with Crippen LogP contribution in [0.15, 0.2) is 24.3 Å². The van der Waals surface area contributed by atoms with Gasteiger partial charge in [0, 0.05) is 17.0 Å². The molecule has 0 saturated heterocycles. The third kappa shape index (κ3) is 2.28. The van der Waals surface area contributed by atoms with Gasteiger partial charge in [-0.25, -0.2) is 4.98 Å². The lowest BCUT2D eigenvalue weighted by Gasteiger charge is -2.27. The van der Waals surface area contributed by atoms with Crippen LogP contribution in [0.4, 0.5) is 0 Å². The minimum atomic E-state index is 0.132. The normalized spacial score (nSPS) is 14.6. The minimum absolute atomic E-state index is 0.132. The first-order chi connectivity index (χ1) is 9.15. The van der Waals surface area contributed by atoms with Crippen molar-refractivity contribution in [2.75, 3.05) is 6.54 Å². The van der Waals surface area contributed by atoms with Gasteiger partial charge < -0.3 is 4.90 Å². The van der Waals surface area contributed by atoms with Gasteiger partial charge in [-0.05, 0) is 31.9 Å². The van der Waals surface area contributed by atoms with E-state index in [-0.39, 0.29) is 5.91 Å². The number of hydrogen-bond acceptors (Lipinski definition) is 3. The van der Waals surface area contributed by atoms with Crippen LogP contribution < -0.4 is 0 Å². The van der Waals surface area contributed by atoms with E-state index in [0.29, 0.717) is 6.54 Å². The number of rotatable bonds is 2. The first-order valence-corrected chi connectivity index (χ1v) is 7.27. The number of carbonyl (C=O) groups excluding carboxylic acids is 1. The number of thiazole rings is 1. The van der Waals surface area contributed by atoms with Crippen LogP contribution in [0.2, 0.25) is 0 Å². The van der Waals surface area contributed by atoms with E-state index in [1.165, 1.54) is 4.88 Å². The molecular formula is C15H16N2OS. The highest BCUT2D eigenvalue weighted by atomic mass is 32.1. The summed E-state index contributed by atoms with van der Waals surface area (Å²) in [6.45, 7) is 5.51. The van der Waals surface area contributed by atoms with Crippen LogP contribution in [0.25, 0.3) is 0 Å². The Morgan fingerprint density at radius 3 is 2.84 bits per heavy atom. The molecule has 2 aromatic rings. The van der Waals surface area contributed by atoms with Gasteiger partial charge in [-0.1, -0.05) is 18.2 Å². The summed E-state index contributed by atoms with van der Waals surface area (Å²) in [5.41, 5.74) is 3.08. The number of nitrogens with zero attached hydrogens (tertiary/aromatic N) is 2. The first-order valence-electron chi connectivity index (χ1n) is 6.45. The number of fused-ring (bicyclic) bond motifs is 1. The molecule has 1 amide bonds. The summed E-state index contributed by atoms with van der Waals surface area (Å²) in [5, 5.41) is 1.03. The van der Waals surface area contributed by atoms with E-state index in [1.54, 1.807) is 11.3 Å². The highest BCUT2D eigenvalue weighted by Gasteiger charge is 2.24. The Morgan fingerprint density at radius 2 is 2.11 bits per heavy atom. The fourth-order valence-corrected chi connectivity index (χ4v) is 3.34. The van der Waals surface area contributed by atoms with Gasteiger partial charge >= 0.3 is 0 Å². The van der Waals surface area contributed by atoms with Crippen LogP contribution in [0.3, 0.4) is 0 Å². The fourth-order valence-electron chi connectivity index (χ4n) is 2.40. The molecule has 1 aliphatic heterocycles. The highest BCUT2D eigenvalue weighted by Crippen LogP contribution is 2.23. The Bertz CT molecular complexity index is 613. The van der Waals surface area contributed by atoms with Crippen LogP contribution in [-0.4, -0.2) is 22.3 Å². The van der Waals surface area contributed by atoms with Crippen molar-refractivity contribution in [1.82, 2.24) is 9.88 Å². The summed E-state index contributed by atoms with van der Waals surface area (Å²) in [4.78, 5) is 20.1. The smallest absolute Gasteiger partial charge is 0.254 e. The molecule has 1 aliphatic rings. The Labute approximate surface area is 116 Å². The van der Waals surface area contributed by atoms with Crippen LogP contribution in [0.5, 0.6) is 0 Å². The standard InChI is InChI=1S/C15H16N2OS/c1-10-11(2)19-14(16-10)9-17-8-7-12-5-3-4-6-13(12)15(17)18/h3-6H,7-9H2,1-2H3. The molecule has 0 saturated carbocycles. The van der Waals surface area contributed by atoms with Crippen LogP contribution in [0, 0.1) is 13.8 Å². The molecule has 19 heavy (non-hydrogen) atoms. The van der Waals surface area contributed by atoms with Crippen molar-refractivity contribution in [1.29, 1.82) is 0 Å². The van der Waals surface area contributed by atoms with Gasteiger partial charge in [-0.15, -0.1) is 11.3 Å². The maximum absolute atomic E-state index is 12.4. The van der Waals surface area contributed by atoms with Gasteiger partial charge in [0.05, 0.1) is 12.2 Å². The summed E-state index contributed by atoms with van der Waals surface area (Å²) in [7, 11) is 0. The van der Waals surface area contributed by atoms with E-state index in [2.05, 4.69) is 11.9 Å². The molecule has 0 N–H and O–H groups in total. The van der Waals surface area contributed by atoms with Crippen molar-refractivity contribution in [3.05, 3.63) is 51.0 Å². The Morgan fingerprint density at radius 1 is 1.32 bits per heavy atom. The van der Waals surface area contributed by atoms with Crippen molar-refractivity contribution >= 4 is 17.2 Å². The third-order valence-corrected chi connectivity index (χ3v) is 4.64. The molecule has 1 aromatic heterocycles. The highest BCUT2D eigenvalue weighted by molar-refractivity contribution is 7.11. The molecule has 2 heterocycles. The zero-order valence-electron chi connectivity index (χ0n) is 11.1. The molecule has 0 aliphatic carbocycles. The van der Waals surface area contributed by atoms with E-state index >= 15 is 0 Å². The second-order valence-electron chi connectivity index (χ2n) is 4.88. The molecule has 3 nitrogen and oxygen atoms in total. The van der Waals surface area contributed by atoms with Crippen molar-refractivity contribution < 1.29 is 4.79 Å². The Balaban J connectivity index is 1.83. The lowest BCUT2D eigenvalue weighted by molar-refractivity contribution is 0.0727. The topological polar surface area (TPSA) is 33.2 Å². The minimum Gasteiger partial charge on any atom is -0.332 e. The number of carbonyl (C=O) groups is 1. The number of aryl methyl sites for hydroxylation is 2. The predicted octanol–water partition coefficient (Wildman–Crippen LogP) is 2.96. The maximum Gasteiger partial charge on any atom is 0.254 e. The summed E-state index contributed by atoms with van der Waals surface area (Å²) >= 11 is 1.69. The molecule has 0 atom stereocenters. The van der Waals surface area contributed by atoms with Crippen molar-refractivity contribution in [3.8, 4) is 0 Å². The van der Waals surface area contributed by atoms with Crippen LogP contribution in [0.1, 0.15) is 31.5 Å². The molecule has 0 unspecified atom stereocenters.